The predicted octanol–water partition coefficient (Wildman–Crippen LogP) is 4.75. The predicted molar refractivity (Wildman–Crippen MR) is 89.9 cm³/mol. The molecule has 3 nitrogen and oxygen atoms in total. The van der Waals surface area contributed by atoms with E-state index in [2.05, 4.69) is 53.1 Å². The molecule has 0 fully saturated rings. The van der Waals surface area contributed by atoms with Gasteiger partial charge in [0.15, 0.2) is 0 Å². The summed E-state index contributed by atoms with van der Waals surface area (Å²) in [5, 5.41) is 3.39. The molecule has 2 aromatic rings. The van der Waals surface area contributed by atoms with Gasteiger partial charge in [-0.2, -0.15) is 0 Å². The highest BCUT2D eigenvalue weighted by Crippen LogP contribution is 2.31. The molecule has 0 bridgehead atoms. The fraction of sp³-hybridized carbons (Fsp3) is 0.353. The lowest BCUT2D eigenvalue weighted by atomic mass is 10.2. The fourth-order valence-electron chi connectivity index (χ4n) is 1.94. The first-order valence-electron chi connectivity index (χ1n) is 7.08. The summed E-state index contributed by atoms with van der Waals surface area (Å²) in [5.41, 5.74) is 3.39. The van der Waals surface area contributed by atoms with Crippen molar-refractivity contribution in [3.8, 4) is 11.6 Å². The van der Waals surface area contributed by atoms with Crippen molar-refractivity contribution in [1.29, 1.82) is 0 Å². The first kappa shape index (κ1) is 16.0. The Morgan fingerprint density at radius 2 is 2.00 bits per heavy atom. The van der Waals surface area contributed by atoms with Crippen molar-refractivity contribution in [2.45, 2.75) is 40.3 Å². The topological polar surface area (TPSA) is 34.1 Å². The van der Waals surface area contributed by atoms with Crippen LogP contribution in [0.1, 0.15) is 30.5 Å². The lowest BCUT2D eigenvalue weighted by molar-refractivity contribution is 0.455. The van der Waals surface area contributed by atoms with Gasteiger partial charge in [0.25, 0.3) is 0 Å². The molecule has 0 radical (unpaired) electrons. The Kier molecular flexibility index (Phi) is 5.37. The summed E-state index contributed by atoms with van der Waals surface area (Å²) in [4.78, 5) is 4.43. The van der Waals surface area contributed by atoms with Gasteiger partial charge in [-0.05, 0) is 59.1 Å². The van der Waals surface area contributed by atoms with Gasteiger partial charge in [0, 0.05) is 24.3 Å². The van der Waals surface area contributed by atoms with Crippen LogP contribution in [-0.2, 0) is 6.54 Å². The van der Waals surface area contributed by atoms with Crippen LogP contribution in [-0.4, -0.2) is 11.0 Å². The van der Waals surface area contributed by atoms with Gasteiger partial charge in [0.1, 0.15) is 5.75 Å². The molecule has 0 spiro atoms. The van der Waals surface area contributed by atoms with Crippen molar-refractivity contribution in [1.82, 2.24) is 10.3 Å². The molecule has 1 heterocycles. The molecule has 2 rings (SSSR count). The Morgan fingerprint density at radius 1 is 1.24 bits per heavy atom. The van der Waals surface area contributed by atoms with Crippen LogP contribution in [0.15, 0.2) is 34.9 Å². The summed E-state index contributed by atoms with van der Waals surface area (Å²) in [6.45, 7) is 9.15. The largest absolute Gasteiger partial charge is 0.438 e. The molecule has 0 saturated heterocycles. The van der Waals surface area contributed by atoms with Gasteiger partial charge in [0.2, 0.25) is 5.88 Å². The number of ether oxygens (including phenoxy) is 1. The van der Waals surface area contributed by atoms with E-state index in [1.54, 1.807) is 0 Å². The molecular weight excluding hydrogens is 328 g/mol. The number of rotatable bonds is 5. The number of pyridine rings is 1. The molecular formula is C17H21BrN2O. The van der Waals surface area contributed by atoms with E-state index < -0.39 is 0 Å². The third-order valence-electron chi connectivity index (χ3n) is 3.10. The van der Waals surface area contributed by atoms with E-state index in [9.17, 15) is 0 Å². The number of nitrogens with one attached hydrogen (secondary N) is 1. The van der Waals surface area contributed by atoms with Crippen LogP contribution in [0.25, 0.3) is 0 Å². The molecule has 0 unspecified atom stereocenters. The normalized spacial score (nSPS) is 11.0. The van der Waals surface area contributed by atoms with Gasteiger partial charge < -0.3 is 10.1 Å². The van der Waals surface area contributed by atoms with Crippen LogP contribution in [0.2, 0.25) is 0 Å². The molecule has 0 aliphatic heterocycles. The maximum Gasteiger partial charge on any atom is 0.222 e. The first-order valence-corrected chi connectivity index (χ1v) is 7.88. The van der Waals surface area contributed by atoms with Crippen molar-refractivity contribution in [2.24, 2.45) is 0 Å². The van der Waals surface area contributed by atoms with E-state index in [0.717, 1.165) is 27.9 Å². The summed E-state index contributed by atoms with van der Waals surface area (Å²) in [6.07, 6.45) is 1.86. The zero-order valence-corrected chi connectivity index (χ0v) is 14.5. The molecule has 112 valence electrons. The number of hydrogen-bond donors (Lipinski definition) is 1. The van der Waals surface area contributed by atoms with Crippen molar-refractivity contribution in [3.05, 3.63) is 51.6 Å². The van der Waals surface area contributed by atoms with Crippen LogP contribution >= 0.6 is 15.9 Å². The molecule has 1 N–H and O–H groups in total. The molecule has 0 amide bonds. The van der Waals surface area contributed by atoms with E-state index in [1.165, 1.54) is 5.56 Å². The molecule has 0 atom stereocenters. The Bertz CT molecular complexity index is 626. The van der Waals surface area contributed by atoms with Gasteiger partial charge in [-0.1, -0.05) is 19.9 Å². The van der Waals surface area contributed by atoms with Gasteiger partial charge in [-0.3, -0.25) is 0 Å². The molecule has 4 heteroatoms. The molecule has 0 aliphatic carbocycles. The second-order valence-electron chi connectivity index (χ2n) is 5.54. The minimum atomic E-state index is 0.463. The van der Waals surface area contributed by atoms with Crippen molar-refractivity contribution < 1.29 is 4.74 Å². The summed E-state index contributed by atoms with van der Waals surface area (Å²) in [7, 11) is 0. The third-order valence-corrected chi connectivity index (χ3v) is 3.72. The summed E-state index contributed by atoms with van der Waals surface area (Å²) >= 11 is 3.52. The van der Waals surface area contributed by atoms with E-state index >= 15 is 0 Å². The van der Waals surface area contributed by atoms with E-state index in [0.29, 0.717) is 11.9 Å². The molecule has 0 saturated carbocycles. The molecule has 1 aromatic heterocycles. The average molecular weight is 349 g/mol. The quantitative estimate of drug-likeness (QED) is 0.846. The Morgan fingerprint density at radius 3 is 2.62 bits per heavy atom. The third kappa shape index (κ3) is 4.55. The standard InChI is InChI=1S/C17H21BrN2O/c1-11(2)19-9-14-8-13(4)17(20-10-14)21-16-6-5-12(3)7-15(16)18/h5-8,10-11,19H,9H2,1-4H3. The van der Waals surface area contributed by atoms with Crippen molar-refractivity contribution >= 4 is 15.9 Å². The van der Waals surface area contributed by atoms with Crippen molar-refractivity contribution in [3.63, 3.8) is 0 Å². The first-order chi connectivity index (χ1) is 9.95. The van der Waals surface area contributed by atoms with Crippen molar-refractivity contribution in [2.75, 3.05) is 0 Å². The van der Waals surface area contributed by atoms with Gasteiger partial charge in [0.05, 0.1) is 4.47 Å². The Hall–Kier alpha value is -1.39. The number of halogens is 1. The maximum absolute atomic E-state index is 5.90. The fourth-order valence-corrected chi connectivity index (χ4v) is 2.51. The second-order valence-corrected chi connectivity index (χ2v) is 6.39. The van der Waals surface area contributed by atoms with Crippen LogP contribution in [0.3, 0.4) is 0 Å². The average Bonchev–Trinajstić information content (AvgIpc) is 2.42. The lowest BCUT2D eigenvalue weighted by Gasteiger charge is -2.12. The Balaban J connectivity index is 2.13. The van der Waals surface area contributed by atoms with Gasteiger partial charge >= 0.3 is 0 Å². The SMILES string of the molecule is Cc1ccc(Oc2ncc(CNC(C)C)cc2C)c(Br)c1. The minimum absolute atomic E-state index is 0.463. The second kappa shape index (κ2) is 7.05. The monoisotopic (exact) mass is 348 g/mol. The van der Waals surface area contributed by atoms with E-state index in [4.69, 9.17) is 4.74 Å². The number of hydrogen-bond acceptors (Lipinski definition) is 3. The highest BCUT2D eigenvalue weighted by Gasteiger charge is 2.08. The van der Waals surface area contributed by atoms with Crippen LogP contribution in [0.4, 0.5) is 0 Å². The highest BCUT2D eigenvalue weighted by molar-refractivity contribution is 9.10. The van der Waals surface area contributed by atoms with Crippen LogP contribution in [0.5, 0.6) is 11.6 Å². The van der Waals surface area contributed by atoms with Crippen LogP contribution in [0, 0.1) is 13.8 Å². The molecule has 1 aromatic carbocycles. The van der Waals surface area contributed by atoms with Crippen LogP contribution < -0.4 is 10.1 Å². The van der Waals surface area contributed by atoms with E-state index in [1.807, 2.05) is 31.3 Å². The lowest BCUT2D eigenvalue weighted by Crippen LogP contribution is -2.21. The Labute approximate surface area is 134 Å². The zero-order valence-electron chi connectivity index (χ0n) is 12.9. The number of aryl methyl sites for hydroxylation is 2. The summed E-state index contributed by atoms with van der Waals surface area (Å²) in [6, 6.07) is 8.58. The van der Waals surface area contributed by atoms with Gasteiger partial charge in [-0.25, -0.2) is 4.98 Å². The zero-order chi connectivity index (χ0) is 15.4. The minimum Gasteiger partial charge on any atom is -0.438 e. The molecule has 21 heavy (non-hydrogen) atoms. The summed E-state index contributed by atoms with van der Waals surface area (Å²) in [5.74, 6) is 1.43. The molecule has 0 aliphatic rings. The van der Waals surface area contributed by atoms with E-state index in [-0.39, 0.29) is 0 Å². The number of nitrogens with zero attached hydrogens (tertiary/aromatic N) is 1. The highest BCUT2D eigenvalue weighted by atomic mass is 79.9. The smallest absolute Gasteiger partial charge is 0.222 e. The van der Waals surface area contributed by atoms with Gasteiger partial charge in [-0.15, -0.1) is 0 Å². The maximum atomic E-state index is 5.90. The summed E-state index contributed by atoms with van der Waals surface area (Å²) < 4.78 is 6.84. The number of aromatic nitrogens is 1. The number of benzene rings is 1.